The van der Waals surface area contributed by atoms with Gasteiger partial charge in [-0.15, -0.1) is 0 Å². The molecule has 0 bridgehead atoms. The molecule has 0 spiro atoms. The van der Waals surface area contributed by atoms with Crippen LogP contribution in [0.2, 0.25) is 0 Å². The van der Waals surface area contributed by atoms with E-state index in [0.29, 0.717) is 37.9 Å². The van der Waals surface area contributed by atoms with Crippen LogP contribution in [0.25, 0.3) is 0 Å². The zero-order valence-corrected chi connectivity index (χ0v) is 38.4. The Morgan fingerprint density at radius 2 is 0.618 bits per heavy atom. The van der Waals surface area contributed by atoms with Gasteiger partial charge >= 0.3 is 11.9 Å². The van der Waals surface area contributed by atoms with E-state index in [1.807, 2.05) is 0 Å². The van der Waals surface area contributed by atoms with E-state index in [-0.39, 0.29) is 11.9 Å². The second-order valence-electron chi connectivity index (χ2n) is 17.9. The highest BCUT2D eigenvalue weighted by atomic mass is 16.5. The molecule has 0 amide bonds. The molecular weight excluding hydrogens is 679 g/mol. The average molecular weight is 778 g/mol. The van der Waals surface area contributed by atoms with Crippen LogP contribution in [0, 0.1) is 17.8 Å². The molecule has 0 aromatic heterocycles. The van der Waals surface area contributed by atoms with Crippen molar-refractivity contribution in [2.45, 2.75) is 259 Å². The van der Waals surface area contributed by atoms with Crippen LogP contribution in [0.3, 0.4) is 0 Å². The monoisotopic (exact) mass is 778 g/mol. The molecule has 0 saturated heterocycles. The molecule has 0 aliphatic carbocycles. The number of unbranched alkanes of at least 4 members (excludes halogenated alkanes) is 22. The molecule has 0 heterocycles. The van der Waals surface area contributed by atoms with Gasteiger partial charge in [-0.05, 0) is 83.2 Å². The van der Waals surface area contributed by atoms with Crippen LogP contribution in [-0.2, 0) is 19.1 Å². The van der Waals surface area contributed by atoms with Gasteiger partial charge in [0.1, 0.15) is 0 Å². The molecule has 55 heavy (non-hydrogen) atoms. The summed E-state index contributed by atoms with van der Waals surface area (Å²) < 4.78 is 11.3. The predicted molar refractivity (Wildman–Crippen MR) is 240 cm³/mol. The van der Waals surface area contributed by atoms with Gasteiger partial charge in [-0.3, -0.25) is 9.59 Å². The van der Waals surface area contributed by atoms with E-state index in [2.05, 4.69) is 46.7 Å². The van der Waals surface area contributed by atoms with Crippen LogP contribution < -0.4 is 0 Å². The topological polar surface area (TPSA) is 55.8 Å². The predicted octanol–water partition coefficient (Wildman–Crippen LogP) is 15.6. The third-order valence-corrected chi connectivity index (χ3v) is 11.9. The first-order valence-electron chi connectivity index (χ1n) is 24.8. The summed E-state index contributed by atoms with van der Waals surface area (Å²) in [5.74, 6) is 1.97. The molecule has 0 saturated carbocycles. The minimum Gasteiger partial charge on any atom is -0.466 e. The molecule has 0 aliphatic heterocycles. The summed E-state index contributed by atoms with van der Waals surface area (Å²) in [4.78, 5) is 27.3. The normalized spacial score (nSPS) is 11.8. The van der Waals surface area contributed by atoms with E-state index in [0.717, 1.165) is 18.8 Å². The summed E-state index contributed by atoms with van der Waals surface area (Å²) >= 11 is 0. The first-order valence-corrected chi connectivity index (χ1v) is 24.8. The summed E-state index contributed by atoms with van der Waals surface area (Å²) in [6, 6.07) is 0. The van der Waals surface area contributed by atoms with Crippen LogP contribution in [0.4, 0.5) is 0 Å². The fourth-order valence-corrected chi connectivity index (χ4v) is 8.43. The second kappa shape index (κ2) is 42.5. The van der Waals surface area contributed by atoms with Gasteiger partial charge in [-0.1, -0.05) is 195 Å². The Labute approximate surface area is 345 Å². The van der Waals surface area contributed by atoms with Gasteiger partial charge in [-0.2, -0.15) is 0 Å². The lowest BCUT2D eigenvalue weighted by Gasteiger charge is -2.21. The maximum atomic E-state index is 12.5. The van der Waals surface area contributed by atoms with E-state index < -0.39 is 0 Å². The third kappa shape index (κ3) is 39.5. The molecule has 0 radical (unpaired) electrons. The summed E-state index contributed by atoms with van der Waals surface area (Å²) in [5.41, 5.74) is 0. The SMILES string of the molecule is CCCCCC(CCCCC)CC(=O)OCCCCCCCCCCC(CCCCCCCCCCOC(=O)CC(CCCCC)CCCCC)CN(C)C. The minimum atomic E-state index is 0.0405. The van der Waals surface area contributed by atoms with Gasteiger partial charge in [0.25, 0.3) is 0 Å². The summed E-state index contributed by atoms with van der Waals surface area (Å²) in [7, 11) is 4.46. The molecule has 0 N–H and O–H groups in total. The van der Waals surface area contributed by atoms with Gasteiger partial charge in [0.2, 0.25) is 0 Å². The summed E-state index contributed by atoms with van der Waals surface area (Å²) in [6.07, 6.45) is 44.4. The molecular formula is C50H99NO4. The number of hydrogen-bond acceptors (Lipinski definition) is 5. The average Bonchev–Trinajstić information content (AvgIpc) is 3.15. The Hall–Kier alpha value is -1.10. The number of esters is 2. The third-order valence-electron chi connectivity index (χ3n) is 11.9. The molecule has 0 aliphatic rings. The summed E-state index contributed by atoms with van der Waals surface area (Å²) in [6.45, 7) is 11.5. The van der Waals surface area contributed by atoms with E-state index in [4.69, 9.17) is 9.47 Å². The van der Waals surface area contributed by atoms with Crippen LogP contribution in [-0.4, -0.2) is 50.7 Å². The Kier molecular flexibility index (Phi) is 41.7. The molecule has 0 aromatic rings. The van der Waals surface area contributed by atoms with Crippen LogP contribution >= 0.6 is 0 Å². The molecule has 0 aromatic carbocycles. The number of ether oxygens (including phenoxy) is 2. The van der Waals surface area contributed by atoms with Crippen LogP contribution in [0.15, 0.2) is 0 Å². The number of carbonyl (C=O) groups excluding carboxylic acids is 2. The van der Waals surface area contributed by atoms with E-state index in [9.17, 15) is 9.59 Å². The minimum absolute atomic E-state index is 0.0405. The van der Waals surface area contributed by atoms with Gasteiger partial charge in [0.15, 0.2) is 0 Å². The molecule has 5 heteroatoms. The molecule has 0 atom stereocenters. The lowest BCUT2D eigenvalue weighted by atomic mass is 9.92. The van der Waals surface area contributed by atoms with Crippen molar-refractivity contribution >= 4 is 11.9 Å². The highest BCUT2D eigenvalue weighted by molar-refractivity contribution is 5.70. The lowest BCUT2D eigenvalue weighted by Crippen LogP contribution is -2.21. The van der Waals surface area contributed by atoms with Crippen molar-refractivity contribution in [1.29, 1.82) is 0 Å². The zero-order valence-electron chi connectivity index (χ0n) is 38.4. The van der Waals surface area contributed by atoms with Crippen molar-refractivity contribution in [3.63, 3.8) is 0 Å². The first-order chi connectivity index (χ1) is 26.9. The maximum Gasteiger partial charge on any atom is 0.306 e. The number of nitrogens with zero attached hydrogens (tertiary/aromatic N) is 1. The molecule has 328 valence electrons. The van der Waals surface area contributed by atoms with Gasteiger partial charge in [0.05, 0.1) is 13.2 Å². The van der Waals surface area contributed by atoms with E-state index in [1.54, 1.807) is 0 Å². The van der Waals surface area contributed by atoms with Crippen molar-refractivity contribution in [1.82, 2.24) is 4.90 Å². The lowest BCUT2D eigenvalue weighted by molar-refractivity contribution is -0.146. The largest absolute Gasteiger partial charge is 0.466 e. The Morgan fingerprint density at radius 3 is 0.909 bits per heavy atom. The highest BCUT2D eigenvalue weighted by Gasteiger charge is 2.16. The van der Waals surface area contributed by atoms with E-state index in [1.165, 1.54) is 212 Å². The van der Waals surface area contributed by atoms with Crippen LogP contribution in [0.5, 0.6) is 0 Å². The van der Waals surface area contributed by atoms with Crippen molar-refractivity contribution in [2.75, 3.05) is 33.9 Å². The van der Waals surface area contributed by atoms with Gasteiger partial charge in [-0.25, -0.2) is 0 Å². The number of rotatable bonds is 44. The van der Waals surface area contributed by atoms with Crippen molar-refractivity contribution in [3.8, 4) is 0 Å². The smallest absolute Gasteiger partial charge is 0.306 e. The highest BCUT2D eigenvalue weighted by Crippen LogP contribution is 2.24. The quantitative estimate of drug-likeness (QED) is 0.0455. The second-order valence-corrected chi connectivity index (χ2v) is 17.9. The van der Waals surface area contributed by atoms with E-state index >= 15 is 0 Å². The standard InChI is InChI=1S/C50H99NO4/c1-7-11-27-35-46(36-28-12-8-2)43-49(52)54-41-33-25-21-17-15-19-23-31-39-48(45-51(5)6)40-32-24-20-16-18-22-26-34-42-55-50(53)44-47(37-29-13-9-3)38-30-14-10-4/h46-48H,7-45H2,1-6H3. The molecule has 0 fully saturated rings. The zero-order chi connectivity index (χ0) is 40.5. The van der Waals surface area contributed by atoms with Crippen molar-refractivity contribution in [2.24, 2.45) is 17.8 Å². The number of hydrogen-bond donors (Lipinski definition) is 0. The summed E-state index contributed by atoms with van der Waals surface area (Å²) in [5, 5.41) is 0. The van der Waals surface area contributed by atoms with Crippen molar-refractivity contribution < 1.29 is 19.1 Å². The first kappa shape index (κ1) is 53.9. The van der Waals surface area contributed by atoms with Crippen molar-refractivity contribution in [3.05, 3.63) is 0 Å². The van der Waals surface area contributed by atoms with Gasteiger partial charge in [0, 0.05) is 19.4 Å². The molecule has 0 rings (SSSR count). The Balaban J connectivity index is 3.85. The fourth-order valence-electron chi connectivity index (χ4n) is 8.43. The molecule has 5 nitrogen and oxygen atoms in total. The maximum absolute atomic E-state index is 12.5. The van der Waals surface area contributed by atoms with Crippen LogP contribution in [0.1, 0.15) is 259 Å². The number of carbonyl (C=O) groups is 2. The molecule has 0 unspecified atom stereocenters. The Morgan fingerprint density at radius 1 is 0.364 bits per heavy atom. The van der Waals surface area contributed by atoms with Gasteiger partial charge < -0.3 is 14.4 Å². The Bertz CT molecular complexity index is 721. The fraction of sp³-hybridized carbons (Fsp3) is 0.960.